The van der Waals surface area contributed by atoms with Crippen LogP contribution in [0, 0.1) is 5.92 Å². The van der Waals surface area contributed by atoms with E-state index < -0.39 is 0 Å². The van der Waals surface area contributed by atoms with Gasteiger partial charge in [-0.2, -0.15) is 0 Å². The number of hydrogen-bond acceptors (Lipinski definition) is 3. The van der Waals surface area contributed by atoms with Crippen molar-refractivity contribution in [1.29, 1.82) is 0 Å². The lowest BCUT2D eigenvalue weighted by molar-refractivity contribution is -0.131. The van der Waals surface area contributed by atoms with Crippen molar-refractivity contribution >= 4 is 5.91 Å². The van der Waals surface area contributed by atoms with Crippen molar-refractivity contribution in [2.75, 3.05) is 20.6 Å². The second-order valence-electron chi connectivity index (χ2n) is 7.15. The molecule has 0 bridgehead atoms. The first-order chi connectivity index (χ1) is 10.0. The molecular weight excluding hydrogens is 262 g/mol. The Morgan fingerprint density at radius 3 is 2.57 bits per heavy atom. The molecule has 1 heterocycles. The fraction of sp³-hybridized carbons (Fsp3) is 0.941. The normalized spacial score (nSPS) is 28.8. The first kappa shape index (κ1) is 16.8. The van der Waals surface area contributed by atoms with Gasteiger partial charge in [0.05, 0.1) is 12.2 Å². The Hall–Kier alpha value is -0.610. The summed E-state index contributed by atoms with van der Waals surface area (Å²) in [5.74, 6) is 1.00. The number of unbranched alkanes of at least 4 members (excludes halogenated alkanes) is 1. The third kappa shape index (κ3) is 3.98. The van der Waals surface area contributed by atoms with E-state index in [4.69, 9.17) is 0 Å². The number of nitrogens with zero attached hydrogens (tertiary/aromatic N) is 2. The van der Waals surface area contributed by atoms with Crippen LogP contribution in [0.25, 0.3) is 0 Å². The first-order valence-electron chi connectivity index (χ1n) is 8.77. The molecular formula is C17H33N3O. The Morgan fingerprint density at radius 2 is 2.00 bits per heavy atom. The molecule has 0 spiro atoms. The van der Waals surface area contributed by atoms with Gasteiger partial charge in [-0.1, -0.05) is 32.6 Å². The van der Waals surface area contributed by atoms with E-state index in [-0.39, 0.29) is 12.2 Å². The third-order valence-electron chi connectivity index (χ3n) is 5.32. The van der Waals surface area contributed by atoms with Gasteiger partial charge in [0.25, 0.3) is 0 Å². The number of amides is 1. The van der Waals surface area contributed by atoms with Crippen LogP contribution in [0.2, 0.25) is 0 Å². The zero-order valence-corrected chi connectivity index (χ0v) is 14.3. The summed E-state index contributed by atoms with van der Waals surface area (Å²) >= 11 is 0. The number of carbonyl (C=O) groups is 1. The molecule has 0 radical (unpaired) electrons. The van der Waals surface area contributed by atoms with E-state index in [0.717, 1.165) is 25.8 Å². The van der Waals surface area contributed by atoms with E-state index >= 15 is 0 Å². The maximum atomic E-state index is 12.8. The molecule has 1 aliphatic carbocycles. The molecule has 1 amide bonds. The van der Waals surface area contributed by atoms with Crippen molar-refractivity contribution in [1.82, 2.24) is 15.1 Å². The highest BCUT2D eigenvalue weighted by atomic mass is 16.2. The molecule has 0 aromatic rings. The number of likely N-dealkylation sites (N-methyl/N-ethyl adjacent to an activating group) is 1. The van der Waals surface area contributed by atoms with Gasteiger partial charge in [-0.25, -0.2) is 0 Å². The smallest absolute Gasteiger partial charge is 0.241 e. The summed E-state index contributed by atoms with van der Waals surface area (Å²) in [4.78, 5) is 17.1. The summed E-state index contributed by atoms with van der Waals surface area (Å²) in [6.45, 7) is 5.25. The van der Waals surface area contributed by atoms with Gasteiger partial charge < -0.3 is 9.80 Å². The van der Waals surface area contributed by atoms with E-state index in [1.54, 1.807) is 0 Å². The van der Waals surface area contributed by atoms with Crippen LogP contribution in [0.3, 0.4) is 0 Å². The van der Waals surface area contributed by atoms with Crippen molar-refractivity contribution in [3.63, 3.8) is 0 Å². The molecule has 122 valence electrons. The fourth-order valence-corrected chi connectivity index (χ4v) is 3.63. The second-order valence-corrected chi connectivity index (χ2v) is 7.15. The summed E-state index contributed by atoms with van der Waals surface area (Å²) in [5, 5.41) is 3.67. The van der Waals surface area contributed by atoms with Crippen LogP contribution in [-0.2, 0) is 4.79 Å². The topological polar surface area (TPSA) is 35.6 Å². The van der Waals surface area contributed by atoms with Gasteiger partial charge in [-0.3, -0.25) is 10.1 Å². The van der Waals surface area contributed by atoms with Crippen LogP contribution in [0.1, 0.15) is 58.8 Å². The zero-order valence-electron chi connectivity index (χ0n) is 14.3. The van der Waals surface area contributed by atoms with E-state index in [1.165, 1.54) is 25.7 Å². The van der Waals surface area contributed by atoms with Gasteiger partial charge in [0.2, 0.25) is 5.91 Å². The molecule has 1 aliphatic heterocycles. The predicted octanol–water partition coefficient (Wildman–Crippen LogP) is 2.44. The molecule has 1 N–H and O–H groups in total. The van der Waals surface area contributed by atoms with Crippen molar-refractivity contribution in [3.05, 3.63) is 0 Å². The van der Waals surface area contributed by atoms with Gasteiger partial charge in [0, 0.05) is 12.6 Å². The first-order valence-corrected chi connectivity index (χ1v) is 8.77. The molecule has 0 aromatic carbocycles. The van der Waals surface area contributed by atoms with Crippen LogP contribution < -0.4 is 5.32 Å². The maximum absolute atomic E-state index is 12.8. The Morgan fingerprint density at radius 1 is 1.33 bits per heavy atom. The highest BCUT2D eigenvalue weighted by Crippen LogP contribution is 2.32. The van der Waals surface area contributed by atoms with Gasteiger partial charge >= 0.3 is 0 Å². The molecule has 2 aliphatic rings. The zero-order chi connectivity index (χ0) is 15.4. The molecule has 4 heteroatoms. The van der Waals surface area contributed by atoms with Gasteiger partial charge in [-0.05, 0) is 46.2 Å². The minimum atomic E-state index is 0.0601. The molecule has 2 rings (SSSR count). The van der Waals surface area contributed by atoms with Gasteiger partial charge in [0.1, 0.15) is 0 Å². The molecule has 3 unspecified atom stereocenters. The van der Waals surface area contributed by atoms with Gasteiger partial charge in [0.15, 0.2) is 0 Å². The van der Waals surface area contributed by atoms with E-state index in [1.807, 2.05) is 0 Å². The Bertz CT molecular complexity index is 339. The standard InChI is InChI=1S/C17H33N3O/c1-5-6-11-15-17(21)20(12-13(2)19(3)4)16(18-15)14-9-7-8-10-14/h13-16,18H,5-12H2,1-4H3. The average Bonchev–Trinajstić information content (AvgIpc) is 3.07. The van der Waals surface area contributed by atoms with Crippen LogP contribution in [-0.4, -0.2) is 54.6 Å². The minimum Gasteiger partial charge on any atom is -0.324 e. The van der Waals surface area contributed by atoms with E-state index in [2.05, 4.69) is 43.1 Å². The molecule has 1 saturated carbocycles. The number of nitrogens with one attached hydrogen (secondary N) is 1. The van der Waals surface area contributed by atoms with Crippen molar-refractivity contribution < 1.29 is 4.79 Å². The number of rotatable bonds is 7. The van der Waals surface area contributed by atoms with Crippen LogP contribution in [0.15, 0.2) is 0 Å². The van der Waals surface area contributed by atoms with E-state index in [9.17, 15) is 4.79 Å². The third-order valence-corrected chi connectivity index (χ3v) is 5.32. The summed E-state index contributed by atoms with van der Waals surface area (Å²) in [6.07, 6.45) is 8.78. The largest absolute Gasteiger partial charge is 0.324 e. The Kier molecular flexibility index (Phi) is 6.06. The average molecular weight is 295 g/mol. The quantitative estimate of drug-likeness (QED) is 0.783. The van der Waals surface area contributed by atoms with Crippen LogP contribution >= 0.6 is 0 Å². The molecule has 1 saturated heterocycles. The predicted molar refractivity (Wildman–Crippen MR) is 87.1 cm³/mol. The molecule has 3 atom stereocenters. The summed E-state index contributed by atoms with van der Waals surface area (Å²) in [5.41, 5.74) is 0. The van der Waals surface area contributed by atoms with Crippen LogP contribution in [0.5, 0.6) is 0 Å². The number of hydrogen-bond donors (Lipinski definition) is 1. The molecule has 0 aromatic heterocycles. The van der Waals surface area contributed by atoms with Crippen molar-refractivity contribution in [2.45, 2.75) is 77.0 Å². The van der Waals surface area contributed by atoms with Gasteiger partial charge in [-0.15, -0.1) is 0 Å². The molecule has 4 nitrogen and oxygen atoms in total. The number of carbonyl (C=O) groups excluding carboxylic acids is 1. The lowest BCUT2D eigenvalue weighted by Gasteiger charge is -2.33. The van der Waals surface area contributed by atoms with E-state index in [0.29, 0.717) is 17.9 Å². The lowest BCUT2D eigenvalue weighted by Crippen LogP contribution is -2.47. The van der Waals surface area contributed by atoms with Crippen molar-refractivity contribution in [3.8, 4) is 0 Å². The summed E-state index contributed by atoms with van der Waals surface area (Å²) in [7, 11) is 4.19. The fourth-order valence-electron chi connectivity index (χ4n) is 3.63. The summed E-state index contributed by atoms with van der Waals surface area (Å²) < 4.78 is 0. The minimum absolute atomic E-state index is 0.0601. The molecule has 21 heavy (non-hydrogen) atoms. The van der Waals surface area contributed by atoms with Crippen molar-refractivity contribution in [2.24, 2.45) is 5.92 Å². The lowest BCUT2D eigenvalue weighted by atomic mass is 10.0. The highest BCUT2D eigenvalue weighted by Gasteiger charge is 2.43. The Labute approximate surface area is 130 Å². The monoisotopic (exact) mass is 295 g/mol. The highest BCUT2D eigenvalue weighted by molar-refractivity contribution is 5.84. The summed E-state index contributed by atoms with van der Waals surface area (Å²) in [6, 6.07) is 0.467. The maximum Gasteiger partial charge on any atom is 0.241 e. The Balaban J connectivity index is 2.05. The SMILES string of the molecule is CCCCC1NC(C2CCCC2)N(CC(C)N(C)C)C1=O. The molecule has 2 fully saturated rings. The van der Waals surface area contributed by atoms with Crippen LogP contribution in [0.4, 0.5) is 0 Å². The second kappa shape index (κ2) is 7.59.